The fourth-order valence-corrected chi connectivity index (χ4v) is 3.93. The Hall–Kier alpha value is -1.76. The minimum atomic E-state index is -0.0283. The molecule has 0 aliphatic rings. The second-order valence-electron chi connectivity index (χ2n) is 5.05. The van der Waals surface area contributed by atoms with Gasteiger partial charge in [0.15, 0.2) is 0 Å². The molecule has 1 atom stereocenters. The summed E-state index contributed by atoms with van der Waals surface area (Å²) in [6, 6.07) is 12.2. The number of amides is 1. The maximum atomic E-state index is 12.1. The molecule has 1 amide bonds. The molecule has 0 fully saturated rings. The average molecular weight is 331 g/mol. The number of hydrogen-bond acceptors (Lipinski definition) is 5. The van der Waals surface area contributed by atoms with Crippen molar-refractivity contribution in [1.29, 1.82) is 0 Å². The number of hydrogen-bond donors (Lipinski definition) is 2. The molecule has 2 aromatic heterocycles. The molecule has 0 aliphatic carbocycles. The molecule has 4 nitrogen and oxygen atoms in total. The Labute approximate surface area is 137 Å². The Kier molecular flexibility index (Phi) is 4.52. The first kappa shape index (κ1) is 15.1. The molecule has 0 saturated heterocycles. The maximum Gasteiger partial charge on any atom is 0.261 e. The first-order valence-electron chi connectivity index (χ1n) is 7.08. The number of nitrogens with zero attached hydrogens (tertiary/aromatic N) is 1. The molecule has 0 spiro atoms. The van der Waals surface area contributed by atoms with E-state index < -0.39 is 0 Å². The van der Waals surface area contributed by atoms with Gasteiger partial charge in [0.1, 0.15) is 5.01 Å². The zero-order chi connectivity index (χ0) is 15.5. The number of rotatable bonds is 5. The lowest BCUT2D eigenvalue weighted by atomic mass is 10.3. The van der Waals surface area contributed by atoms with Gasteiger partial charge in [-0.1, -0.05) is 12.1 Å². The predicted molar refractivity (Wildman–Crippen MR) is 93.8 cm³/mol. The highest BCUT2D eigenvalue weighted by Crippen LogP contribution is 2.34. The first-order valence-corrected chi connectivity index (χ1v) is 8.72. The summed E-state index contributed by atoms with van der Waals surface area (Å²) in [5, 5.41) is 7.00. The molecule has 2 N–H and O–H groups in total. The molecule has 1 unspecified atom stereocenters. The molecule has 22 heavy (non-hydrogen) atoms. The van der Waals surface area contributed by atoms with Gasteiger partial charge < -0.3 is 10.6 Å². The van der Waals surface area contributed by atoms with Crippen molar-refractivity contribution in [2.24, 2.45) is 0 Å². The van der Waals surface area contributed by atoms with Crippen molar-refractivity contribution in [3.05, 3.63) is 41.3 Å². The van der Waals surface area contributed by atoms with Gasteiger partial charge in [0.25, 0.3) is 5.91 Å². The van der Waals surface area contributed by atoms with E-state index in [1.54, 1.807) is 11.3 Å². The highest BCUT2D eigenvalue weighted by atomic mass is 32.1. The van der Waals surface area contributed by atoms with Gasteiger partial charge in [-0.05, 0) is 38.2 Å². The number of para-hydroxylation sites is 1. The molecular weight excluding hydrogens is 314 g/mol. The fraction of sp³-hybridized carbons (Fsp3) is 0.250. The van der Waals surface area contributed by atoms with Crippen LogP contribution >= 0.6 is 22.7 Å². The van der Waals surface area contributed by atoms with Crippen molar-refractivity contribution >= 4 is 38.8 Å². The van der Waals surface area contributed by atoms with E-state index in [1.165, 1.54) is 16.0 Å². The quantitative estimate of drug-likeness (QED) is 0.754. The highest BCUT2D eigenvalue weighted by molar-refractivity contribution is 7.26. The van der Waals surface area contributed by atoms with Crippen LogP contribution in [0.2, 0.25) is 0 Å². The number of benzene rings is 1. The Bertz CT molecular complexity index is 760. The summed E-state index contributed by atoms with van der Waals surface area (Å²) in [6.07, 6.45) is 0. The number of fused-ring (bicyclic) bond motifs is 1. The van der Waals surface area contributed by atoms with E-state index in [0.717, 1.165) is 20.3 Å². The van der Waals surface area contributed by atoms with E-state index in [2.05, 4.69) is 21.7 Å². The van der Waals surface area contributed by atoms with Crippen LogP contribution in [0.3, 0.4) is 0 Å². The van der Waals surface area contributed by atoms with Crippen molar-refractivity contribution < 1.29 is 4.79 Å². The fourth-order valence-electron chi connectivity index (χ4n) is 1.99. The van der Waals surface area contributed by atoms with Gasteiger partial charge in [0.2, 0.25) is 0 Å². The Balaban J connectivity index is 1.77. The van der Waals surface area contributed by atoms with Crippen LogP contribution in [0.15, 0.2) is 36.4 Å². The number of thiophene rings is 1. The minimum absolute atomic E-state index is 0.0283. The van der Waals surface area contributed by atoms with Crippen molar-refractivity contribution in [1.82, 2.24) is 15.6 Å². The van der Waals surface area contributed by atoms with Crippen molar-refractivity contribution in [3.63, 3.8) is 0 Å². The number of carbonyl (C=O) groups is 1. The number of carbonyl (C=O) groups excluding carboxylic acids is 1. The third kappa shape index (κ3) is 3.19. The second-order valence-corrected chi connectivity index (χ2v) is 7.16. The molecule has 2 heterocycles. The van der Waals surface area contributed by atoms with E-state index in [0.29, 0.717) is 6.54 Å². The van der Waals surface area contributed by atoms with Crippen LogP contribution in [-0.4, -0.2) is 30.5 Å². The largest absolute Gasteiger partial charge is 0.350 e. The Morgan fingerprint density at radius 3 is 2.82 bits per heavy atom. The number of nitrogens with one attached hydrogen (secondary N) is 2. The minimum Gasteiger partial charge on any atom is -0.350 e. The third-order valence-electron chi connectivity index (χ3n) is 3.40. The standard InChI is InChI=1S/C16H17N3OS2/c1-10(17-2)9-18-15(20)13-7-8-14(21-13)16-19-11-5-3-4-6-12(11)22-16/h3-8,10,17H,9H2,1-2H3,(H,18,20). The van der Waals surface area contributed by atoms with Crippen LogP contribution in [-0.2, 0) is 0 Å². The van der Waals surface area contributed by atoms with E-state index in [1.807, 2.05) is 44.3 Å². The van der Waals surface area contributed by atoms with Gasteiger partial charge in [0, 0.05) is 12.6 Å². The topological polar surface area (TPSA) is 54.0 Å². The normalized spacial score (nSPS) is 12.5. The molecule has 0 aliphatic heterocycles. The molecule has 1 aromatic carbocycles. The lowest BCUT2D eigenvalue weighted by Gasteiger charge is -2.10. The van der Waals surface area contributed by atoms with Crippen molar-refractivity contribution in [2.45, 2.75) is 13.0 Å². The second kappa shape index (κ2) is 6.56. The van der Waals surface area contributed by atoms with Gasteiger partial charge >= 0.3 is 0 Å². The molecule has 3 rings (SSSR count). The molecular formula is C16H17N3OS2. The molecule has 114 valence electrons. The van der Waals surface area contributed by atoms with Crippen molar-refractivity contribution in [2.75, 3.05) is 13.6 Å². The van der Waals surface area contributed by atoms with E-state index >= 15 is 0 Å². The van der Waals surface area contributed by atoms with Gasteiger partial charge in [-0.25, -0.2) is 4.98 Å². The zero-order valence-corrected chi connectivity index (χ0v) is 14.1. The molecule has 0 saturated carbocycles. The summed E-state index contributed by atoms with van der Waals surface area (Å²) >= 11 is 3.14. The van der Waals surface area contributed by atoms with Crippen LogP contribution < -0.4 is 10.6 Å². The van der Waals surface area contributed by atoms with E-state index in [4.69, 9.17) is 0 Å². The van der Waals surface area contributed by atoms with Crippen LogP contribution in [0.5, 0.6) is 0 Å². The summed E-state index contributed by atoms with van der Waals surface area (Å²) in [7, 11) is 1.88. The summed E-state index contributed by atoms with van der Waals surface area (Å²) < 4.78 is 1.17. The molecule has 6 heteroatoms. The van der Waals surface area contributed by atoms with Gasteiger partial charge in [-0.15, -0.1) is 22.7 Å². The van der Waals surface area contributed by atoms with E-state index in [-0.39, 0.29) is 11.9 Å². The summed E-state index contributed by atoms with van der Waals surface area (Å²) in [4.78, 5) is 18.5. The maximum absolute atomic E-state index is 12.1. The lowest BCUT2D eigenvalue weighted by Crippen LogP contribution is -2.36. The highest BCUT2D eigenvalue weighted by Gasteiger charge is 2.13. The van der Waals surface area contributed by atoms with Crippen LogP contribution in [0.4, 0.5) is 0 Å². The summed E-state index contributed by atoms with van der Waals surface area (Å²) in [5.74, 6) is -0.0283. The van der Waals surface area contributed by atoms with Gasteiger partial charge in [-0.2, -0.15) is 0 Å². The summed E-state index contributed by atoms with van der Waals surface area (Å²) in [6.45, 7) is 2.64. The van der Waals surface area contributed by atoms with Crippen LogP contribution in [0.1, 0.15) is 16.6 Å². The number of thiazole rings is 1. The van der Waals surface area contributed by atoms with Crippen LogP contribution in [0.25, 0.3) is 20.1 Å². The van der Waals surface area contributed by atoms with E-state index in [9.17, 15) is 4.79 Å². The number of aromatic nitrogens is 1. The van der Waals surface area contributed by atoms with Gasteiger partial charge in [0.05, 0.1) is 20.0 Å². The first-order chi connectivity index (χ1) is 10.7. The third-order valence-corrected chi connectivity index (χ3v) is 5.69. The number of likely N-dealkylation sites (N-methyl/N-ethyl adjacent to an activating group) is 1. The Morgan fingerprint density at radius 1 is 1.23 bits per heavy atom. The molecule has 0 radical (unpaired) electrons. The molecule has 3 aromatic rings. The van der Waals surface area contributed by atoms with Gasteiger partial charge in [-0.3, -0.25) is 4.79 Å². The average Bonchev–Trinajstić information content (AvgIpc) is 3.18. The monoisotopic (exact) mass is 331 g/mol. The van der Waals surface area contributed by atoms with Crippen LogP contribution in [0, 0.1) is 0 Å². The molecule has 0 bridgehead atoms. The van der Waals surface area contributed by atoms with Crippen molar-refractivity contribution in [3.8, 4) is 9.88 Å². The summed E-state index contributed by atoms with van der Waals surface area (Å²) in [5.41, 5.74) is 1.00. The smallest absolute Gasteiger partial charge is 0.261 e. The zero-order valence-electron chi connectivity index (χ0n) is 12.4. The lowest BCUT2D eigenvalue weighted by molar-refractivity contribution is 0.0954. The SMILES string of the molecule is CNC(C)CNC(=O)c1ccc(-c2nc3ccccc3s2)s1. The Morgan fingerprint density at radius 2 is 2.05 bits per heavy atom. The predicted octanol–water partition coefficient (Wildman–Crippen LogP) is 3.36.